The van der Waals surface area contributed by atoms with Gasteiger partial charge in [-0.15, -0.1) is 0 Å². The maximum Gasteiger partial charge on any atom is 0.225 e. The van der Waals surface area contributed by atoms with E-state index in [1.165, 1.54) is 0 Å². The highest BCUT2D eigenvalue weighted by Gasteiger charge is 2.23. The van der Waals surface area contributed by atoms with Crippen LogP contribution in [0.2, 0.25) is 0 Å². The van der Waals surface area contributed by atoms with E-state index in [0.717, 1.165) is 24.2 Å². The summed E-state index contributed by atoms with van der Waals surface area (Å²) >= 11 is 0. The van der Waals surface area contributed by atoms with E-state index in [1.807, 2.05) is 36.1 Å². The highest BCUT2D eigenvalue weighted by atomic mass is 16.5. The number of carbonyl (C=O) groups is 1. The molecule has 0 spiro atoms. The first-order valence-electron chi connectivity index (χ1n) is 6.92. The first-order valence-corrected chi connectivity index (χ1v) is 6.92. The summed E-state index contributed by atoms with van der Waals surface area (Å²) < 4.78 is 5.68. The second kappa shape index (κ2) is 6.57. The van der Waals surface area contributed by atoms with Crippen LogP contribution in [0.25, 0.3) is 0 Å². The summed E-state index contributed by atoms with van der Waals surface area (Å²) in [4.78, 5) is 14.3. The van der Waals surface area contributed by atoms with Crippen LogP contribution in [0, 0.1) is 5.92 Å². The van der Waals surface area contributed by atoms with Crippen molar-refractivity contribution in [3.63, 3.8) is 0 Å². The molecule has 1 aliphatic rings. The van der Waals surface area contributed by atoms with Crippen molar-refractivity contribution in [1.29, 1.82) is 0 Å². The summed E-state index contributed by atoms with van der Waals surface area (Å²) in [5.74, 6) is 1.13. The monoisotopic (exact) mass is 262 g/mol. The van der Waals surface area contributed by atoms with Gasteiger partial charge in [0.05, 0.1) is 6.54 Å². The summed E-state index contributed by atoms with van der Waals surface area (Å²) in [6.45, 7) is 4.48. The fourth-order valence-corrected chi connectivity index (χ4v) is 2.37. The Labute approximate surface area is 114 Å². The van der Waals surface area contributed by atoms with E-state index in [4.69, 9.17) is 10.5 Å². The molecule has 1 unspecified atom stereocenters. The number of para-hydroxylation sites is 1. The van der Waals surface area contributed by atoms with Gasteiger partial charge in [0.15, 0.2) is 0 Å². The molecule has 4 heteroatoms. The van der Waals surface area contributed by atoms with Gasteiger partial charge in [0, 0.05) is 18.0 Å². The van der Waals surface area contributed by atoms with Crippen LogP contribution in [-0.2, 0) is 11.3 Å². The van der Waals surface area contributed by atoms with Crippen molar-refractivity contribution in [2.24, 2.45) is 11.7 Å². The van der Waals surface area contributed by atoms with Crippen molar-refractivity contribution in [1.82, 2.24) is 4.90 Å². The number of nitrogens with zero attached hydrogens (tertiary/aromatic N) is 1. The van der Waals surface area contributed by atoms with Crippen molar-refractivity contribution in [3.05, 3.63) is 29.8 Å². The van der Waals surface area contributed by atoms with Crippen molar-refractivity contribution < 1.29 is 9.53 Å². The summed E-state index contributed by atoms with van der Waals surface area (Å²) in [5.41, 5.74) is 6.58. The molecule has 1 amide bonds. The van der Waals surface area contributed by atoms with E-state index in [2.05, 4.69) is 0 Å². The van der Waals surface area contributed by atoms with Crippen LogP contribution in [-0.4, -0.2) is 30.5 Å². The number of hydrogen-bond donors (Lipinski definition) is 1. The van der Waals surface area contributed by atoms with Crippen LogP contribution in [0.5, 0.6) is 5.75 Å². The van der Waals surface area contributed by atoms with Crippen molar-refractivity contribution >= 4 is 5.91 Å². The number of benzene rings is 1. The topological polar surface area (TPSA) is 55.6 Å². The molecule has 0 saturated carbocycles. The van der Waals surface area contributed by atoms with E-state index in [0.29, 0.717) is 26.2 Å². The Morgan fingerprint density at radius 2 is 2.26 bits per heavy atom. The van der Waals surface area contributed by atoms with E-state index in [-0.39, 0.29) is 11.8 Å². The minimum atomic E-state index is 0.0359. The number of fused-ring (bicyclic) bond motifs is 1. The molecule has 2 N–H and O–H groups in total. The molecular formula is C15H22N2O2. The van der Waals surface area contributed by atoms with E-state index in [1.54, 1.807) is 0 Å². The SMILES string of the molecule is CC(CCCN)C(=O)N1CCOc2ccccc2C1. The van der Waals surface area contributed by atoms with Gasteiger partial charge in [-0.1, -0.05) is 25.1 Å². The van der Waals surface area contributed by atoms with E-state index < -0.39 is 0 Å². The molecule has 0 aliphatic carbocycles. The van der Waals surface area contributed by atoms with E-state index >= 15 is 0 Å². The normalized spacial score (nSPS) is 16.2. The molecule has 1 aromatic rings. The molecule has 0 radical (unpaired) electrons. The first-order chi connectivity index (χ1) is 9.22. The molecule has 19 heavy (non-hydrogen) atoms. The van der Waals surface area contributed by atoms with Crippen molar-refractivity contribution in [2.45, 2.75) is 26.3 Å². The lowest BCUT2D eigenvalue weighted by Crippen LogP contribution is -2.36. The fourth-order valence-electron chi connectivity index (χ4n) is 2.37. The minimum absolute atomic E-state index is 0.0359. The maximum absolute atomic E-state index is 12.4. The van der Waals surface area contributed by atoms with Gasteiger partial charge in [0.1, 0.15) is 12.4 Å². The Hall–Kier alpha value is -1.55. The summed E-state index contributed by atoms with van der Waals surface area (Å²) in [6.07, 6.45) is 1.75. The Bertz CT molecular complexity index is 434. The van der Waals surface area contributed by atoms with Crippen LogP contribution in [0.4, 0.5) is 0 Å². The zero-order chi connectivity index (χ0) is 13.7. The molecule has 2 rings (SSSR count). The van der Waals surface area contributed by atoms with Gasteiger partial charge in [-0.2, -0.15) is 0 Å². The second-order valence-electron chi connectivity index (χ2n) is 5.05. The van der Waals surface area contributed by atoms with Gasteiger partial charge in [0.25, 0.3) is 0 Å². The molecule has 4 nitrogen and oxygen atoms in total. The lowest BCUT2D eigenvalue weighted by Gasteiger charge is -2.23. The highest BCUT2D eigenvalue weighted by Crippen LogP contribution is 2.23. The number of ether oxygens (including phenoxy) is 1. The predicted molar refractivity (Wildman–Crippen MR) is 74.8 cm³/mol. The predicted octanol–water partition coefficient (Wildman–Crippen LogP) is 1.78. The van der Waals surface area contributed by atoms with Gasteiger partial charge < -0.3 is 15.4 Å². The highest BCUT2D eigenvalue weighted by molar-refractivity contribution is 5.78. The molecule has 1 atom stereocenters. The van der Waals surface area contributed by atoms with Crippen LogP contribution < -0.4 is 10.5 Å². The molecule has 1 heterocycles. The lowest BCUT2D eigenvalue weighted by molar-refractivity contribution is -0.136. The minimum Gasteiger partial charge on any atom is -0.491 e. The van der Waals surface area contributed by atoms with Gasteiger partial charge >= 0.3 is 0 Å². The maximum atomic E-state index is 12.4. The smallest absolute Gasteiger partial charge is 0.225 e. The molecule has 0 saturated heterocycles. The molecule has 104 valence electrons. The summed E-state index contributed by atoms with van der Waals surface area (Å²) in [6, 6.07) is 7.92. The number of carbonyl (C=O) groups excluding carboxylic acids is 1. The third kappa shape index (κ3) is 3.47. The molecule has 0 bridgehead atoms. The van der Waals surface area contributed by atoms with Gasteiger partial charge in [-0.3, -0.25) is 4.79 Å². The zero-order valence-corrected chi connectivity index (χ0v) is 11.5. The molecule has 1 aliphatic heterocycles. The van der Waals surface area contributed by atoms with Crippen molar-refractivity contribution in [2.75, 3.05) is 19.7 Å². The standard InChI is InChI=1S/C15H22N2O2/c1-12(5-4-8-16)15(18)17-9-10-19-14-7-3-2-6-13(14)11-17/h2-3,6-7,12H,4-5,8-11,16H2,1H3. The molecule has 0 fully saturated rings. The number of amides is 1. The Morgan fingerprint density at radius 1 is 1.47 bits per heavy atom. The van der Waals surface area contributed by atoms with E-state index in [9.17, 15) is 4.79 Å². The Kier molecular flexibility index (Phi) is 4.80. The number of hydrogen-bond acceptors (Lipinski definition) is 3. The second-order valence-corrected chi connectivity index (χ2v) is 5.05. The third-order valence-corrected chi connectivity index (χ3v) is 3.53. The number of rotatable bonds is 4. The van der Waals surface area contributed by atoms with Crippen LogP contribution in [0.3, 0.4) is 0 Å². The van der Waals surface area contributed by atoms with Gasteiger partial charge in [-0.25, -0.2) is 0 Å². The average molecular weight is 262 g/mol. The number of nitrogens with two attached hydrogens (primary N) is 1. The Morgan fingerprint density at radius 3 is 3.05 bits per heavy atom. The third-order valence-electron chi connectivity index (χ3n) is 3.53. The summed E-state index contributed by atoms with van der Waals surface area (Å²) in [5, 5.41) is 0. The average Bonchev–Trinajstić information content (AvgIpc) is 2.66. The fraction of sp³-hybridized carbons (Fsp3) is 0.533. The largest absolute Gasteiger partial charge is 0.491 e. The van der Waals surface area contributed by atoms with Crippen molar-refractivity contribution in [3.8, 4) is 5.75 Å². The van der Waals surface area contributed by atoms with Crippen LogP contribution in [0.15, 0.2) is 24.3 Å². The zero-order valence-electron chi connectivity index (χ0n) is 11.5. The van der Waals surface area contributed by atoms with Crippen LogP contribution in [0.1, 0.15) is 25.3 Å². The first kappa shape index (κ1) is 13.9. The van der Waals surface area contributed by atoms with Gasteiger partial charge in [-0.05, 0) is 25.5 Å². The lowest BCUT2D eigenvalue weighted by atomic mass is 10.0. The molecule has 1 aromatic carbocycles. The van der Waals surface area contributed by atoms with Gasteiger partial charge in [0.2, 0.25) is 5.91 Å². The molecular weight excluding hydrogens is 240 g/mol. The quantitative estimate of drug-likeness (QED) is 0.900. The Balaban J connectivity index is 2.03. The summed E-state index contributed by atoms with van der Waals surface area (Å²) in [7, 11) is 0. The molecule has 0 aromatic heterocycles. The van der Waals surface area contributed by atoms with Crippen LogP contribution >= 0.6 is 0 Å².